The van der Waals surface area contributed by atoms with Gasteiger partial charge in [0, 0.05) is 26.3 Å². The zero-order valence-electron chi connectivity index (χ0n) is 14.2. The van der Waals surface area contributed by atoms with E-state index in [2.05, 4.69) is 14.9 Å². The molecule has 136 valence electrons. The third-order valence-electron chi connectivity index (χ3n) is 3.41. The van der Waals surface area contributed by atoms with E-state index in [1.165, 1.54) is 30.2 Å². The second kappa shape index (κ2) is 8.19. The highest BCUT2D eigenvalue weighted by Gasteiger charge is 2.18. The van der Waals surface area contributed by atoms with Gasteiger partial charge in [-0.3, -0.25) is 4.79 Å². The first-order chi connectivity index (χ1) is 11.9. The number of nitrogens with one attached hydrogen (secondary N) is 1. The van der Waals surface area contributed by atoms with Crippen LogP contribution in [0.1, 0.15) is 29.0 Å². The van der Waals surface area contributed by atoms with Gasteiger partial charge in [-0.05, 0) is 25.1 Å². The second-order valence-corrected chi connectivity index (χ2v) is 6.98. The number of hydrogen-bond donors (Lipinski definition) is 1. The summed E-state index contributed by atoms with van der Waals surface area (Å²) >= 11 is 0. The van der Waals surface area contributed by atoms with Crippen molar-refractivity contribution in [2.75, 3.05) is 20.7 Å². The number of benzene rings is 1. The number of amides is 1. The molecule has 10 heteroatoms. The molecule has 1 aromatic heterocycles. The van der Waals surface area contributed by atoms with Crippen molar-refractivity contribution >= 4 is 15.9 Å². The molecular formula is C15H20N4O5S. The third kappa shape index (κ3) is 4.84. The summed E-state index contributed by atoms with van der Waals surface area (Å²) in [7, 11) is -0.692. The van der Waals surface area contributed by atoms with Crippen molar-refractivity contribution in [3.63, 3.8) is 0 Å². The summed E-state index contributed by atoms with van der Waals surface area (Å²) in [6.45, 7) is 2.37. The summed E-state index contributed by atoms with van der Waals surface area (Å²) < 4.78 is 36.9. The maximum atomic E-state index is 12.4. The van der Waals surface area contributed by atoms with E-state index >= 15 is 0 Å². The molecule has 2 aromatic rings. The van der Waals surface area contributed by atoms with E-state index in [1.807, 2.05) is 6.92 Å². The van der Waals surface area contributed by atoms with Crippen LogP contribution in [-0.2, 0) is 27.9 Å². The zero-order valence-corrected chi connectivity index (χ0v) is 15.0. The predicted octanol–water partition coefficient (Wildman–Crippen LogP) is 0.786. The van der Waals surface area contributed by atoms with E-state index in [4.69, 9.17) is 9.26 Å². The molecule has 0 bridgehead atoms. The van der Waals surface area contributed by atoms with E-state index in [-0.39, 0.29) is 35.7 Å². The first kappa shape index (κ1) is 19.0. The maximum absolute atomic E-state index is 12.4. The zero-order chi connectivity index (χ0) is 18.4. The van der Waals surface area contributed by atoms with Gasteiger partial charge < -0.3 is 14.2 Å². The molecule has 0 saturated carbocycles. The van der Waals surface area contributed by atoms with E-state index in [0.717, 1.165) is 0 Å². The van der Waals surface area contributed by atoms with Crippen molar-refractivity contribution in [3.05, 3.63) is 41.5 Å². The Morgan fingerprint density at radius 2 is 2.16 bits per heavy atom. The van der Waals surface area contributed by atoms with Crippen molar-refractivity contribution in [2.24, 2.45) is 0 Å². The fraction of sp³-hybridized carbons (Fsp3) is 0.400. The van der Waals surface area contributed by atoms with Crippen molar-refractivity contribution in [1.29, 1.82) is 0 Å². The van der Waals surface area contributed by atoms with Gasteiger partial charge in [-0.25, -0.2) is 13.1 Å². The second-order valence-electron chi connectivity index (χ2n) is 5.21. The molecule has 0 fully saturated rings. The van der Waals surface area contributed by atoms with Gasteiger partial charge in [0.05, 0.1) is 11.4 Å². The molecule has 1 aromatic carbocycles. The number of carbonyl (C=O) groups excluding carboxylic acids is 1. The monoisotopic (exact) mass is 368 g/mol. The summed E-state index contributed by atoms with van der Waals surface area (Å²) in [6, 6.07) is 5.85. The van der Waals surface area contributed by atoms with Crippen LogP contribution < -0.4 is 4.72 Å². The lowest BCUT2D eigenvalue weighted by atomic mass is 10.2. The van der Waals surface area contributed by atoms with Gasteiger partial charge >= 0.3 is 0 Å². The van der Waals surface area contributed by atoms with Crippen molar-refractivity contribution < 1.29 is 22.5 Å². The quantitative estimate of drug-likeness (QED) is 0.732. The lowest BCUT2D eigenvalue weighted by Crippen LogP contribution is -2.27. The van der Waals surface area contributed by atoms with Gasteiger partial charge in [0.2, 0.25) is 10.0 Å². The molecule has 2 rings (SSSR count). The fourth-order valence-corrected chi connectivity index (χ4v) is 2.97. The molecule has 0 saturated heterocycles. The molecular weight excluding hydrogens is 348 g/mol. The molecule has 1 N–H and O–H groups in total. The molecule has 0 spiro atoms. The Hall–Kier alpha value is -2.30. The molecule has 0 aliphatic rings. The Labute approximate surface area is 146 Å². The van der Waals surface area contributed by atoms with Gasteiger partial charge in [0.25, 0.3) is 11.8 Å². The highest BCUT2D eigenvalue weighted by Crippen LogP contribution is 2.13. The molecule has 0 aliphatic heterocycles. The highest BCUT2D eigenvalue weighted by atomic mass is 32.2. The van der Waals surface area contributed by atoms with Gasteiger partial charge in [-0.15, -0.1) is 0 Å². The fourth-order valence-electron chi connectivity index (χ4n) is 1.95. The Morgan fingerprint density at radius 3 is 2.84 bits per heavy atom. The van der Waals surface area contributed by atoms with Gasteiger partial charge in [-0.2, -0.15) is 4.98 Å². The van der Waals surface area contributed by atoms with E-state index in [9.17, 15) is 13.2 Å². The number of sulfonamides is 1. The maximum Gasteiger partial charge on any atom is 0.253 e. The standard InChI is InChI=1S/C15H20N4O5S/c1-4-19(2)15(20)11-6-5-7-12(8-11)25(21,22)16-9-13-17-14(10-23-3)24-18-13/h5-8,16H,4,9-10H2,1-3H3. The van der Waals surface area contributed by atoms with Crippen LogP contribution in [0.3, 0.4) is 0 Å². The van der Waals surface area contributed by atoms with Crippen molar-refractivity contribution in [3.8, 4) is 0 Å². The Bertz CT molecular complexity index is 834. The number of rotatable bonds is 8. The number of hydrogen-bond acceptors (Lipinski definition) is 7. The predicted molar refractivity (Wildman–Crippen MR) is 88.1 cm³/mol. The van der Waals surface area contributed by atoms with Crippen LogP contribution >= 0.6 is 0 Å². The molecule has 0 atom stereocenters. The number of methoxy groups -OCH3 is 1. The van der Waals surface area contributed by atoms with E-state index in [1.54, 1.807) is 13.1 Å². The lowest BCUT2D eigenvalue weighted by Gasteiger charge is -2.15. The normalized spacial score (nSPS) is 11.5. The van der Waals surface area contributed by atoms with Crippen molar-refractivity contribution in [2.45, 2.75) is 25.0 Å². The molecule has 1 amide bonds. The summed E-state index contributed by atoms with van der Waals surface area (Å²) in [5.74, 6) is 0.197. The first-order valence-corrected chi connectivity index (χ1v) is 9.01. The summed E-state index contributed by atoms with van der Waals surface area (Å²) in [5, 5.41) is 3.66. The largest absolute Gasteiger partial charge is 0.375 e. The lowest BCUT2D eigenvalue weighted by molar-refractivity contribution is 0.0802. The minimum absolute atomic E-state index is 0.0107. The Kier molecular flexibility index (Phi) is 6.23. The number of aromatic nitrogens is 2. The van der Waals surface area contributed by atoms with Crippen LogP contribution in [0, 0.1) is 0 Å². The number of nitrogens with zero attached hydrogens (tertiary/aromatic N) is 3. The average Bonchev–Trinajstić information content (AvgIpc) is 3.07. The molecule has 0 unspecified atom stereocenters. The summed E-state index contributed by atoms with van der Waals surface area (Å²) in [4.78, 5) is 17.6. The summed E-state index contributed by atoms with van der Waals surface area (Å²) in [5.41, 5.74) is 0.300. The van der Waals surface area contributed by atoms with Gasteiger partial charge in [0.1, 0.15) is 6.61 Å². The molecule has 0 aliphatic carbocycles. The van der Waals surface area contributed by atoms with Crippen LogP contribution in [0.2, 0.25) is 0 Å². The van der Waals surface area contributed by atoms with E-state index in [0.29, 0.717) is 12.1 Å². The Balaban J connectivity index is 2.12. The SMILES string of the molecule is CCN(C)C(=O)c1cccc(S(=O)(=O)NCc2noc(COC)n2)c1. The number of carbonyl (C=O) groups is 1. The third-order valence-corrected chi connectivity index (χ3v) is 4.81. The Morgan fingerprint density at radius 1 is 1.40 bits per heavy atom. The van der Waals surface area contributed by atoms with E-state index < -0.39 is 10.0 Å². The molecule has 0 radical (unpaired) electrons. The highest BCUT2D eigenvalue weighted by molar-refractivity contribution is 7.89. The van der Waals surface area contributed by atoms with Crippen LogP contribution in [0.15, 0.2) is 33.7 Å². The van der Waals surface area contributed by atoms with Crippen LogP contribution in [0.4, 0.5) is 0 Å². The molecule has 9 nitrogen and oxygen atoms in total. The van der Waals surface area contributed by atoms with Crippen LogP contribution in [0.25, 0.3) is 0 Å². The van der Waals surface area contributed by atoms with Gasteiger partial charge in [0.15, 0.2) is 5.82 Å². The van der Waals surface area contributed by atoms with Gasteiger partial charge in [-0.1, -0.05) is 11.2 Å². The smallest absolute Gasteiger partial charge is 0.253 e. The van der Waals surface area contributed by atoms with Crippen LogP contribution in [0.5, 0.6) is 0 Å². The molecule has 25 heavy (non-hydrogen) atoms. The van der Waals surface area contributed by atoms with Crippen LogP contribution in [-0.4, -0.2) is 50.1 Å². The topological polar surface area (TPSA) is 115 Å². The minimum Gasteiger partial charge on any atom is -0.375 e. The molecule has 1 heterocycles. The summed E-state index contributed by atoms with van der Waals surface area (Å²) in [6.07, 6.45) is 0. The number of ether oxygens (including phenoxy) is 1. The average molecular weight is 368 g/mol. The minimum atomic E-state index is -3.82. The first-order valence-electron chi connectivity index (χ1n) is 7.53. The van der Waals surface area contributed by atoms with Crippen molar-refractivity contribution in [1.82, 2.24) is 19.8 Å².